The van der Waals surface area contributed by atoms with E-state index in [-0.39, 0.29) is 42.0 Å². The van der Waals surface area contributed by atoms with Crippen LogP contribution in [-0.2, 0) is 29.6 Å². The lowest BCUT2D eigenvalue weighted by Crippen LogP contribution is -2.44. The number of carbonyl (C=O) groups is 1. The van der Waals surface area contributed by atoms with Gasteiger partial charge in [0.2, 0.25) is 26.0 Å². The van der Waals surface area contributed by atoms with Crippen molar-refractivity contribution in [2.45, 2.75) is 31.3 Å². The molecule has 2 aliphatic rings. The topological polar surface area (TPSA) is 101 Å². The zero-order valence-corrected chi connectivity index (χ0v) is 15.6. The van der Waals surface area contributed by atoms with Crippen molar-refractivity contribution >= 4 is 31.6 Å². The third-order valence-electron chi connectivity index (χ3n) is 4.31. The van der Waals surface area contributed by atoms with Gasteiger partial charge in [-0.3, -0.25) is 4.79 Å². The van der Waals surface area contributed by atoms with E-state index in [2.05, 4.69) is 0 Å². The summed E-state index contributed by atoms with van der Waals surface area (Å²) < 4.78 is 57.6. The monoisotopic (exact) mass is 388 g/mol. The van der Waals surface area contributed by atoms with Gasteiger partial charge >= 0.3 is 0 Å². The molecule has 138 valence electrons. The van der Waals surface area contributed by atoms with Crippen molar-refractivity contribution in [1.29, 1.82) is 0 Å². The second-order valence-corrected chi connectivity index (χ2v) is 10.1. The fourth-order valence-corrected chi connectivity index (χ4v) is 6.20. The van der Waals surface area contributed by atoms with E-state index in [4.69, 9.17) is 4.74 Å². The summed E-state index contributed by atoms with van der Waals surface area (Å²) in [6, 6.07) is 4.25. The van der Waals surface area contributed by atoms with E-state index in [1.807, 2.05) is 0 Å². The minimum atomic E-state index is -3.81. The molecule has 2 saturated heterocycles. The van der Waals surface area contributed by atoms with Crippen molar-refractivity contribution in [3.05, 3.63) is 23.8 Å². The third kappa shape index (κ3) is 3.31. The molecule has 0 N–H and O–H groups in total. The molecule has 2 aliphatic heterocycles. The van der Waals surface area contributed by atoms with Crippen LogP contribution in [0.4, 0.5) is 5.69 Å². The maximum Gasteiger partial charge on any atom is 0.243 e. The first kappa shape index (κ1) is 18.3. The Morgan fingerprint density at radius 3 is 2.60 bits per heavy atom. The van der Waals surface area contributed by atoms with Crippen molar-refractivity contribution in [2.24, 2.45) is 0 Å². The number of sulfonamides is 2. The Morgan fingerprint density at radius 2 is 2.00 bits per heavy atom. The number of hydrogen-bond donors (Lipinski definition) is 0. The molecule has 0 spiro atoms. The number of morpholine rings is 1. The molecular weight excluding hydrogens is 368 g/mol. The van der Waals surface area contributed by atoms with Crippen molar-refractivity contribution in [3.8, 4) is 0 Å². The van der Waals surface area contributed by atoms with Gasteiger partial charge in [-0.05, 0) is 31.5 Å². The number of amides is 1. The molecule has 0 aliphatic carbocycles. The molecule has 0 radical (unpaired) electrons. The molecule has 1 atom stereocenters. The summed E-state index contributed by atoms with van der Waals surface area (Å²) in [4.78, 5) is 12.0. The van der Waals surface area contributed by atoms with Gasteiger partial charge in [0.1, 0.15) is 0 Å². The standard InChI is InChI=1S/C15H20N2O6S2/c1-11-3-4-13(17-15(18)5-8-24(17,19)20)9-14(11)25(21,22)16-6-7-23-12(2)10-16/h3-4,9,12H,5-8,10H2,1-2H3. The van der Waals surface area contributed by atoms with Crippen molar-refractivity contribution in [1.82, 2.24) is 4.31 Å². The summed E-state index contributed by atoms with van der Waals surface area (Å²) in [5, 5.41) is 0. The van der Waals surface area contributed by atoms with E-state index in [9.17, 15) is 21.6 Å². The van der Waals surface area contributed by atoms with Crippen LogP contribution in [0.25, 0.3) is 0 Å². The number of aryl methyl sites for hydroxylation is 1. The van der Waals surface area contributed by atoms with Crippen LogP contribution in [-0.4, -0.2) is 58.6 Å². The molecule has 8 nitrogen and oxygen atoms in total. The fourth-order valence-electron chi connectivity index (χ4n) is 3.01. The van der Waals surface area contributed by atoms with E-state index in [1.165, 1.54) is 22.5 Å². The minimum absolute atomic E-state index is 0.00833. The normalized spacial score (nSPS) is 24.6. The zero-order valence-electron chi connectivity index (χ0n) is 14.0. The summed E-state index contributed by atoms with van der Waals surface area (Å²) >= 11 is 0. The number of anilines is 1. The van der Waals surface area contributed by atoms with Crippen LogP contribution in [0.5, 0.6) is 0 Å². The zero-order chi connectivity index (χ0) is 18.4. The van der Waals surface area contributed by atoms with Gasteiger partial charge in [-0.25, -0.2) is 21.1 Å². The number of benzene rings is 1. The number of hydrogen-bond acceptors (Lipinski definition) is 6. The van der Waals surface area contributed by atoms with E-state index in [0.29, 0.717) is 16.5 Å². The highest BCUT2D eigenvalue weighted by Crippen LogP contribution is 2.30. The number of ether oxygens (including phenoxy) is 1. The van der Waals surface area contributed by atoms with Gasteiger partial charge in [-0.2, -0.15) is 4.31 Å². The highest BCUT2D eigenvalue weighted by molar-refractivity contribution is 7.94. The van der Waals surface area contributed by atoms with E-state index < -0.39 is 26.0 Å². The van der Waals surface area contributed by atoms with Gasteiger partial charge < -0.3 is 4.74 Å². The maximum absolute atomic E-state index is 13.0. The Bertz CT molecular complexity index is 910. The lowest BCUT2D eigenvalue weighted by Gasteiger charge is -2.31. The predicted molar refractivity (Wildman–Crippen MR) is 91.2 cm³/mol. The fraction of sp³-hybridized carbons (Fsp3) is 0.533. The van der Waals surface area contributed by atoms with Gasteiger partial charge in [0.25, 0.3) is 0 Å². The first-order chi connectivity index (χ1) is 11.6. The first-order valence-electron chi connectivity index (χ1n) is 7.91. The van der Waals surface area contributed by atoms with Crippen LogP contribution in [0.2, 0.25) is 0 Å². The van der Waals surface area contributed by atoms with Gasteiger partial charge in [-0.1, -0.05) is 6.07 Å². The van der Waals surface area contributed by atoms with Crippen LogP contribution in [0, 0.1) is 6.92 Å². The minimum Gasteiger partial charge on any atom is -0.376 e. The molecule has 0 bridgehead atoms. The highest BCUT2D eigenvalue weighted by Gasteiger charge is 2.37. The summed E-state index contributed by atoms with van der Waals surface area (Å²) in [6.45, 7) is 4.20. The lowest BCUT2D eigenvalue weighted by molar-refractivity contribution is -0.116. The summed E-state index contributed by atoms with van der Waals surface area (Å²) in [5.74, 6) is -0.810. The van der Waals surface area contributed by atoms with E-state index in [0.717, 1.165) is 0 Å². The Hall–Kier alpha value is -1.49. The smallest absolute Gasteiger partial charge is 0.243 e. The quantitative estimate of drug-likeness (QED) is 0.746. The molecule has 1 amide bonds. The molecule has 0 saturated carbocycles. The van der Waals surface area contributed by atoms with Crippen LogP contribution in [0.15, 0.2) is 23.1 Å². The van der Waals surface area contributed by atoms with Crippen LogP contribution >= 0.6 is 0 Å². The highest BCUT2D eigenvalue weighted by atomic mass is 32.2. The average molecular weight is 388 g/mol. The molecule has 2 heterocycles. The molecule has 1 unspecified atom stereocenters. The summed E-state index contributed by atoms with van der Waals surface area (Å²) in [7, 11) is -7.55. The summed E-state index contributed by atoms with van der Waals surface area (Å²) in [6.07, 6.45) is -0.313. The molecule has 1 aromatic rings. The van der Waals surface area contributed by atoms with Gasteiger partial charge in [-0.15, -0.1) is 0 Å². The van der Waals surface area contributed by atoms with Crippen LogP contribution in [0.1, 0.15) is 18.9 Å². The Morgan fingerprint density at radius 1 is 1.28 bits per heavy atom. The molecular formula is C15H20N2O6S2. The molecule has 25 heavy (non-hydrogen) atoms. The number of nitrogens with zero attached hydrogens (tertiary/aromatic N) is 2. The second-order valence-electron chi connectivity index (χ2n) is 6.22. The van der Waals surface area contributed by atoms with Gasteiger partial charge in [0.05, 0.1) is 29.0 Å². The SMILES string of the molecule is Cc1ccc(N2C(=O)CCS2(=O)=O)cc1S(=O)(=O)N1CCOC(C)C1. The second kappa shape index (κ2) is 6.35. The Labute approximate surface area is 147 Å². The van der Waals surface area contributed by atoms with Crippen LogP contribution < -0.4 is 4.31 Å². The van der Waals surface area contributed by atoms with Crippen molar-refractivity contribution < 1.29 is 26.4 Å². The van der Waals surface area contributed by atoms with Gasteiger partial charge in [0.15, 0.2) is 0 Å². The molecule has 10 heteroatoms. The maximum atomic E-state index is 13.0. The number of carbonyl (C=O) groups excluding carboxylic acids is 1. The largest absolute Gasteiger partial charge is 0.376 e. The average Bonchev–Trinajstić information content (AvgIpc) is 2.81. The molecule has 0 aromatic heterocycles. The van der Waals surface area contributed by atoms with E-state index >= 15 is 0 Å². The third-order valence-corrected chi connectivity index (χ3v) is 8.00. The predicted octanol–water partition coefficient (Wildman–Crippen LogP) is 0.471. The Kier molecular flexibility index (Phi) is 4.65. The first-order valence-corrected chi connectivity index (χ1v) is 11.0. The van der Waals surface area contributed by atoms with Gasteiger partial charge in [0, 0.05) is 19.5 Å². The molecule has 3 rings (SSSR count). The summed E-state index contributed by atoms with van der Waals surface area (Å²) in [5.41, 5.74) is 0.555. The van der Waals surface area contributed by atoms with E-state index in [1.54, 1.807) is 13.8 Å². The van der Waals surface area contributed by atoms with Crippen molar-refractivity contribution in [3.63, 3.8) is 0 Å². The molecule has 2 fully saturated rings. The van der Waals surface area contributed by atoms with Crippen molar-refractivity contribution in [2.75, 3.05) is 29.8 Å². The molecule has 1 aromatic carbocycles. The Balaban J connectivity index is 2.04. The number of rotatable bonds is 3. The lowest BCUT2D eigenvalue weighted by atomic mass is 10.2. The van der Waals surface area contributed by atoms with Crippen LogP contribution in [0.3, 0.4) is 0 Å².